The zero-order valence-corrected chi connectivity index (χ0v) is 16.0. The minimum atomic E-state index is -4.42. The van der Waals surface area contributed by atoms with E-state index in [1.807, 2.05) is 36.4 Å². The summed E-state index contributed by atoms with van der Waals surface area (Å²) in [5.74, 6) is 0.169. The molecule has 0 aliphatic carbocycles. The van der Waals surface area contributed by atoms with Crippen LogP contribution in [0.4, 0.5) is 18.9 Å². The van der Waals surface area contributed by atoms with Gasteiger partial charge in [0.2, 0.25) is 5.88 Å². The number of hydrogen-bond acceptors (Lipinski definition) is 5. The molecule has 30 heavy (non-hydrogen) atoms. The molecule has 1 saturated heterocycles. The molecular formula is C22H20F3N3O2. The van der Waals surface area contributed by atoms with Gasteiger partial charge in [-0.1, -0.05) is 12.1 Å². The van der Waals surface area contributed by atoms with Crippen molar-refractivity contribution in [3.05, 3.63) is 72.1 Å². The summed E-state index contributed by atoms with van der Waals surface area (Å²) in [5.41, 5.74) is 2.64. The summed E-state index contributed by atoms with van der Waals surface area (Å²) >= 11 is 0. The maximum absolute atomic E-state index is 12.7. The molecule has 3 heterocycles. The van der Waals surface area contributed by atoms with E-state index in [0.29, 0.717) is 19.5 Å². The first-order chi connectivity index (χ1) is 14.4. The lowest BCUT2D eigenvalue weighted by Gasteiger charge is -2.22. The molecule has 5 nitrogen and oxygen atoms in total. The van der Waals surface area contributed by atoms with Crippen molar-refractivity contribution < 1.29 is 23.0 Å². The van der Waals surface area contributed by atoms with Gasteiger partial charge in [0.15, 0.2) is 0 Å². The summed E-state index contributed by atoms with van der Waals surface area (Å²) in [4.78, 5) is 10.2. The van der Waals surface area contributed by atoms with Crippen LogP contribution in [0.3, 0.4) is 0 Å². The van der Waals surface area contributed by atoms with Crippen molar-refractivity contribution in [3.8, 4) is 17.1 Å². The molecule has 3 aromatic rings. The highest BCUT2D eigenvalue weighted by Crippen LogP contribution is 2.31. The number of ether oxygens (including phenoxy) is 1. The van der Waals surface area contributed by atoms with Gasteiger partial charge in [-0.05, 0) is 30.3 Å². The van der Waals surface area contributed by atoms with E-state index in [-0.39, 0.29) is 18.6 Å². The monoisotopic (exact) mass is 415 g/mol. The molecule has 1 N–H and O–H groups in total. The second-order valence-corrected chi connectivity index (χ2v) is 7.07. The lowest BCUT2D eigenvalue weighted by Crippen LogP contribution is -2.25. The molecule has 156 valence electrons. The molecule has 2 aromatic heterocycles. The maximum Gasteiger partial charge on any atom is 0.417 e. The second kappa shape index (κ2) is 8.31. The van der Waals surface area contributed by atoms with Gasteiger partial charge in [-0.25, -0.2) is 4.98 Å². The lowest BCUT2D eigenvalue weighted by atomic mass is 10.1. The van der Waals surface area contributed by atoms with Crippen LogP contribution in [0.25, 0.3) is 11.3 Å². The summed E-state index contributed by atoms with van der Waals surface area (Å²) in [6, 6.07) is 13.7. The zero-order valence-electron chi connectivity index (χ0n) is 16.0. The summed E-state index contributed by atoms with van der Waals surface area (Å²) in [5, 5.41) is 9.86. The first-order valence-corrected chi connectivity index (χ1v) is 9.54. The first kappa shape index (κ1) is 20.2. The Morgan fingerprint density at radius 3 is 2.63 bits per heavy atom. The van der Waals surface area contributed by atoms with E-state index in [4.69, 9.17) is 4.74 Å². The Morgan fingerprint density at radius 2 is 1.97 bits per heavy atom. The molecule has 0 unspecified atom stereocenters. The lowest BCUT2D eigenvalue weighted by molar-refractivity contribution is -0.137. The van der Waals surface area contributed by atoms with Crippen LogP contribution < -0.4 is 9.64 Å². The van der Waals surface area contributed by atoms with Crippen LogP contribution in [0, 0.1) is 0 Å². The van der Waals surface area contributed by atoms with Crippen LogP contribution in [-0.2, 0) is 12.8 Å². The molecule has 1 aromatic carbocycles. The molecule has 0 amide bonds. The van der Waals surface area contributed by atoms with Crippen molar-refractivity contribution in [1.29, 1.82) is 0 Å². The average Bonchev–Trinajstić information content (AvgIpc) is 3.22. The van der Waals surface area contributed by atoms with Crippen molar-refractivity contribution in [1.82, 2.24) is 9.97 Å². The van der Waals surface area contributed by atoms with E-state index in [0.717, 1.165) is 34.8 Å². The molecule has 1 aliphatic rings. The number of rotatable bonds is 5. The van der Waals surface area contributed by atoms with Crippen LogP contribution in [0.5, 0.6) is 5.88 Å². The molecule has 1 aliphatic heterocycles. The number of alkyl halides is 3. The molecule has 0 saturated carbocycles. The number of hydrogen-bond donors (Lipinski definition) is 1. The van der Waals surface area contributed by atoms with Crippen molar-refractivity contribution in [3.63, 3.8) is 0 Å². The normalized spacial score (nSPS) is 16.7. The Hall–Kier alpha value is -3.13. The molecule has 0 spiro atoms. The molecule has 0 bridgehead atoms. The molecule has 8 heteroatoms. The number of pyridine rings is 2. The number of aromatic nitrogens is 2. The summed E-state index contributed by atoms with van der Waals surface area (Å²) in [6.45, 7) is 1.15. The van der Waals surface area contributed by atoms with Gasteiger partial charge in [0.05, 0.1) is 24.4 Å². The van der Waals surface area contributed by atoms with Gasteiger partial charge in [-0.3, -0.25) is 4.98 Å². The third-order valence-electron chi connectivity index (χ3n) is 5.05. The Labute approximate surface area is 171 Å². The Morgan fingerprint density at radius 1 is 1.10 bits per heavy atom. The van der Waals surface area contributed by atoms with E-state index in [2.05, 4.69) is 14.9 Å². The van der Waals surface area contributed by atoms with Gasteiger partial charge in [-0.2, -0.15) is 13.2 Å². The van der Waals surface area contributed by atoms with E-state index in [1.165, 1.54) is 6.07 Å². The Kier molecular flexibility index (Phi) is 5.59. The highest BCUT2D eigenvalue weighted by Gasteiger charge is 2.31. The van der Waals surface area contributed by atoms with Gasteiger partial charge < -0.3 is 14.7 Å². The predicted octanol–water partition coefficient (Wildman–Crippen LogP) is 4.31. The fourth-order valence-corrected chi connectivity index (χ4v) is 3.55. The molecule has 0 radical (unpaired) electrons. The van der Waals surface area contributed by atoms with Crippen molar-refractivity contribution in [2.45, 2.75) is 25.3 Å². The third kappa shape index (κ3) is 4.38. The molecule has 4 rings (SSSR count). The number of nitrogens with zero attached hydrogens (tertiary/aromatic N) is 3. The predicted molar refractivity (Wildman–Crippen MR) is 106 cm³/mol. The Balaban J connectivity index is 1.45. The van der Waals surface area contributed by atoms with Crippen molar-refractivity contribution in [2.24, 2.45) is 0 Å². The van der Waals surface area contributed by atoms with Gasteiger partial charge in [-0.15, -0.1) is 0 Å². The summed E-state index contributed by atoms with van der Waals surface area (Å²) < 4.78 is 43.7. The number of halogens is 3. The number of anilines is 1. The number of benzene rings is 1. The van der Waals surface area contributed by atoms with Gasteiger partial charge in [0.1, 0.15) is 6.10 Å². The number of aliphatic hydroxyl groups is 1. The fraction of sp³-hybridized carbons (Fsp3) is 0.273. The second-order valence-electron chi connectivity index (χ2n) is 7.07. The van der Waals surface area contributed by atoms with Crippen LogP contribution in [0.15, 0.2) is 60.9 Å². The molecule has 1 atom stereocenters. The van der Waals surface area contributed by atoms with E-state index < -0.39 is 11.7 Å². The largest absolute Gasteiger partial charge is 0.472 e. The van der Waals surface area contributed by atoms with Crippen LogP contribution in [-0.4, -0.2) is 34.3 Å². The first-order valence-electron chi connectivity index (χ1n) is 9.54. The highest BCUT2D eigenvalue weighted by molar-refractivity contribution is 5.66. The summed E-state index contributed by atoms with van der Waals surface area (Å²) in [7, 11) is 0. The number of aliphatic hydroxyl groups excluding tert-OH is 1. The van der Waals surface area contributed by atoms with Crippen molar-refractivity contribution >= 4 is 5.69 Å². The van der Waals surface area contributed by atoms with Gasteiger partial charge in [0.25, 0.3) is 0 Å². The topological polar surface area (TPSA) is 58.5 Å². The van der Waals surface area contributed by atoms with Crippen LogP contribution >= 0.6 is 0 Å². The molecular weight excluding hydrogens is 395 g/mol. The maximum atomic E-state index is 12.7. The minimum Gasteiger partial charge on any atom is -0.472 e. The summed E-state index contributed by atoms with van der Waals surface area (Å²) in [6.07, 6.45) is -1.41. The smallest absolute Gasteiger partial charge is 0.417 e. The fourth-order valence-electron chi connectivity index (χ4n) is 3.55. The van der Waals surface area contributed by atoms with E-state index in [1.54, 1.807) is 6.20 Å². The standard InChI is InChI=1S/C22H20F3N3O2/c23-22(24,25)17-5-7-21(27-12-17)30-18-8-10-28(13-18)20-6-4-15(11-16(20)14-29)19-3-1-2-9-26-19/h1-7,9,11-12,18,29H,8,10,13-14H2/t18-/m0/s1. The van der Waals surface area contributed by atoms with Crippen LogP contribution in [0.1, 0.15) is 17.5 Å². The van der Waals surface area contributed by atoms with Crippen LogP contribution in [0.2, 0.25) is 0 Å². The Bertz CT molecular complexity index is 995. The highest BCUT2D eigenvalue weighted by atomic mass is 19.4. The average molecular weight is 415 g/mol. The van der Waals surface area contributed by atoms with E-state index >= 15 is 0 Å². The molecule has 1 fully saturated rings. The van der Waals surface area contributed by atoms with E-state index in [9.17, 15) is 18.3 Å². The van der Waals surface area contributed by atoms with Crippen molar-refractivity contribution in [2.75, 3.05) is 18.0 Å². The quantitative estimate of drug-likeness (QED) is 0.673. The SMILES string of the molecule is OCc1cc(-c2ccccn2)ccc1N1CC[C@H](Oc2ccc(C(F)(F)F)cn2)C1. The zero-order chi connectivity index (χ0) is 21.1. The van der Waals surface area contributed by atoms with Gasteiger partial charge >= 0.3 is 6.18 Å². The van der Waals surface area contributed by atoms with Gasteiger partial charge in [0, 0.05) is 48.2 Å². The minimum absolute atomic E-state index is 0.113. The third-order valence-corrected chi connectivity index (χ3v) is 5.05.